The lowest BCUT2D eigenvalue weighted by atomic mass is 10.3. The molecule has 3 nitrogen and oxygen atoms in total. The van der Waals surface area contributed by atoms with Crippen LogP contribution in [0.5, 0.6) is 11.5 Å². The van der Waals surface area contributed by atoms with Crippen LogP contribution in [0.15, 0.2) is 73.1 Å². The number of pyridine rings is 1. The van der Waals surface area contributed by atoms with E-state index in [2.05, 4.69) is 41.4 Å². The number of rotatable bonds is 5. The van der Waals surface area contributed by atoms with Gasteiger partial charge in [-0.1, -0.05) is 24.3 Å². The molecule has 1 heterocycles. The van der Waals surface area contributed by atoms with Crippen LogP contribution in [0.4, 0.5) is 0 Å². The van der Waals surface area contributed by atoms with Crippen molar-refractivity contribution >= 4 is 23.8 Å². The van der Waals surface area contributed by atoms with Crippen LogP contribution in [0.2, 0.25) is 0 Å². The summed E-state index contributed by atoms with van der Waals surface area (Å²) in [6.07, 6.45) is 3.69. The van der Waals surface area contributed by atoms with Crippen molar-refractivity contribution in [2.75, 3.05) is 14.2 Å². The van der Waals surface area contributed by atoms with Gasteiger partial charge in [0.25, 0.3) is 0 Å². The van der Waals surface area contributed by atoms with E-state index in [1.54, 1.807) is 14.2 Å². The molecule has 4 heteroatoms. The van der Waals surface area contributed by atoms with E-state index in [1.807, 2.05) is 36.7 Å². The molecule has 0 amide bonds. The second-order valence-electron chi connectivity index (χ2n) is 4.94. The maximum atomic E-state index is 5.27. The number of nitrogens with zero attached hydrogens (tertiary/aromatic N) is 1. The second kappa shape index (κ2) is 7.26. The monoisotopic (exact) mass is 323 g/mol. The molecule has 3 rings (SSSR count). The van der Waals surface area contributed by atoms with Crippen molar-refractivity contribution in [3.05, 3.63) is 73.1 Å². The Labute approximate surface area is 137 Å². The molecule has 0 aliphatic rings. The van der Waals surface area contributed by atoms with Crippen molar-refractivity contribution in [3.8, 4) is 11.5 Å². The van der Waals surface area contributed by atoms with Crippen LogP contribution in [-0.2, 0) is 0 Å². The van der Waals surface area contributed by atoms with Gasteiger partial charge in [0.05, 0.1) is 14.2 Å². The third-order valence-corrected chi connectivity index (χ3v) is 6.03. The topological polar surface area (TPSA) is 31.4 Å². The Balaban J connectivity index is 2.05. The maximum absolute atomic E-state index is 5.27. The Morgan fingerprint density at radius 1 is 0.609 bits per heavy atom. The molecule has 116 valence electrons. The summed E-state index contributed by atoms with van der Waals surface area (Å²) in [5.74, 6) is 1.74. The predicted octanol–water partition coefficient (Wildman–Crippen LogP) is 2.86. The average Bonchev–Trinajstić information content (AvgIpc) is 2.64. The molecule has 0 unspecified atom stereocenters. The highest BCUT2D eigenvalue weighted by Gasteiger charge is 2.16. The van der Waals surface area contributed by atoms with Gasteiger partial charge in [-0.2, -0.15) is 0 Å². The largest absolute Gasteiger partial charge is 0.497 e. The Bertz CT molecular complexity index is 695. The predicted molar refractivity (Wildman–Crippen MR) is 96.0 cm³/mol. The fourth-order valence-corrected chi connectivity index (χ4v) is 4.62. The Morgan fingerprint density at radius 3 is 1.39 bits per heavy atom. The molecule has 23 heavy (non-hydrogen) atoms. The quantitative estimate of drug-likeness (QED) is 0.677. The number of methoxy groups -OCH3 is 2. The van der Waals surface area contributed by atoms with E-state index in [0.29, 0.717) is 0 Å². The molecular formula is C19H18NO2P. The minimum absolute atomic E-state index is 0.632. The van der Waals surface area contributed by atoms with Crippen molar-refractivity contribution in [1.82, 2.24) is 4.98 Å². The lowest BCUT2D eigenvalue weighted by molar-refractivity contribution is 0.415. The SMILES string of the molecule is COc1ccc(P(c2ccncc2)c2ccc(OC)cc2)cc1. The lowest BCUT2D eigenvalue weighted by Gasteiger charge is -2.19. The first kappa shape index (κ1) is 15.5. The highest BCUT2D eigenvalue weighted by atomic mass is 31.1. The van der Waals surface area contributed by atoms with Gasteiger partial charge >= 0.3 is 0 Å². The third-order valence-electron chi connectivity index (χ3n) is 3.58. The van der Waals surface area contributed by atoms with E-state index < -0.39 is 7.92 Å². The van der Waals surface area contributed by atoms with Gasteiger partial charge < -0.3 is 9.47 Å². The first-order valence-corrected chi connectivity index (χ1v) is 8.64. The summed E-state index contributed by atoms with van der Waals surface area (Å²) in [4.78, 5) is 4.14. The van der Waals surface area contributed by atoms with Gasteiger partial charge in [-0.05, 0) is 60.2 Å². The van der Waals surface area contributed by atoms with Crippen molar-refractivity contribution in [1.29, 1.82) is 0 Å². The molecule has 2 aromatic carbocycles. The van der Waals surface area contributed by atoms with Crippen LogP contribution in [0, 0.1) is 0 Å². The zero-order valence-electron chi connectivity index (χ0n) is 13.1. The zero-order valence-corrected chi connectivity index (χ0v) is 14.0. The van der Waals surface area contributed by atoms with Crippen LogP contribution >= 0.6 is 7.92 Å². The standard InChI is InChI=1S/C19H18NO2P/c1-21-15-3-7-17(8-4-15)23(19-11-13-20-14-12-19)18-9-5-16(22-2)6-10-18/h3-14H,1-2H3. The second-order valence-corrected chi connectivity index (χ2v) is 7.16. The molecule has 0 saturated heterocycles. The smallest absolute Gasteiger partial charge is 0.118 e. The summed E-state index contributed by atoms with van der Waals surface area (Å²) < 4.78 is 10.5. The van der Waals surface area contributed by atoms with Crippen LogP contribution < -0.4 is 25.4 Å². The summed E-state index contributed by atoms with van der Waals surface area (Å²) in [5, 5.41) is 3.82. The minimum atomic E-state index is -0.632. The number of hydrogen-bond acceptors (Lipinski definition) is 3. The summed E-state index contributed by atoms with van der Waals surface area (Å²) in [6, 6.07) is 20.7. The van der Waals surface area contributed by atoms with E-state index in [1.165, 1.54) is 15.9 Å². The van der Waals surface area contributed by atoms with Crippen LogP contribution in [0.1, 0.15) is 0 Å². The van der Waals surface area contributed by atoms with Crippen molar-refractivity contribution in [2.24, 2.45) is 0 Å². The number of ether oxygens (including phenoxy) is 2. The van der Waals surface area contributed by atoms with E-state index in [4.69, 9.17) is 9.47 Å². The molecule has 3 aromatic rings. The Hall–Kier alpha value is -2.38. The first-order valence-electron chi connectivity index (χ1n) is 7.30. The first-order chi connectivity index (χ1) is 11.3. The lowest BCUT2D eigenvalue weighted by Crippen LogP contribution is -2.20. The van der Waals surface area contributed by atoms with Crippen molar-refractivity contribution < 1.29 is 9.47 Å². The highest BCUT2D eigenvalue weighted by molar-refractivity contribution is 7.79. The number of hydrogen-bond donors (Lipinski definition) is 0. The normalized spacial score (nSPS) is 10.6. The van der Waals surface area contributed by atoms with Crippen LogP contribution in [0.25, 0.3) is 0 Å². The molecule has 0 spiro atoms. The Morgan fingerprint density at radius 2 is 1.00 bits per heavy atom. The van der Waals surface area contributed by atoms with Gasteiger partial charge in [0, 0.05) is 12.4 Å². The van der Waals surface area contributed by atoms with Gasteiger partial charge in [-0.25, -0.2) is 0 Å². The van der Waals surface area contributed by atoms with Gasteiger partial charge in [0.15, 0.2) is 0 Å². The fourth-order valence-electron chi connectivity index (χ4n) is 2.40. The summed E-state index contributed by atoms with van der Waals surface area (Å²) in [7, 11) is 2.74. The zero-order chi connectivity index (χ0) is 16.1. The molecule has 0 N–H and O–H groups in total. The summed E-state index contributed by atoms with van der Waals surface area (Å²) in [6.45, 7) is 0. The summed E-state index contributed by atoms with van der Waals surface area (Å²) in [5.41, 5.74) is 0. The molecule has 0 aliphatic carbocycles. The number of benzene rings is 2. The average molecular weight is 323 g/mol. The van der Waals surface area contributed by atoms with E-state index in [0.717, 1.165) is 11.5 Å². The molecule has 0 atom stereocenters. The van der Waals surface area contributed by atoms with E-state index >= 15 is 0 Å². The molecular weight excluding hydrogens is 305 g/mol. The van der Waals surface area contributed by atoms with Gasteiger partial charge in [-0.15, -0.1) is 0 Å². The number of aromatic nitrogens is 1. The van der Waals surface area contributed by atoms with Gasteiger partial charge in [-0.3, -0.25) is 4.98 Å². The van der Waals surface area contributed by atoms with E-state index in [9.17, 15) is 0 Å². The third kappa shape index (κ3) is 3.52. The Kier molecular flexibility index (Phi) is 4.89. The molecule has 0 bridgehead atoms. The molecule has 1 aromatic heterocycles. The fraction of sp³-hybridized carbons (Fsp3) is 0.105. The van der Waals surface area contributed by atoms with Crippen molar-refractivity contribution in [2.45, 2.75) is 0 Å². The van der Waals surface area contributed by atoms with E-state index in [-0.39, 0.29) is 0 Å². The summed E-state index contributed by atoms with van der Waals surface area (Å²) >= 11 is 0. The van der Waals surface area contributed by atoms with Gasteiger partial charge in [0.2, 0.25) is 0 Å². The van der Waals surface area contributed by atoms with Crippen molar-refractivity contribution in [3.63, 3.8) is 0 Å². The van der Waals surface area contributed by atoms with Crippen LogP contribution in [0.3, 0.4) is 0 Å². The maximum Gasteiger partial charge on any atom is 0.118 e. The molecule has 0 fully saturated rings. The molecule has 0 aliphatic heterocycles. The molecule has 0 radical (unpaired) electrons. The highest BCUT2D eigenvalue weighted by Crippen LogP contribution is 2.33. The molecule has 0 saturated carbocycles. The minimum Gasteiger partial charge on any atom is -0.497 e. The van der Waals surface area contributed by atoms with Crippen LogP contribution in [-0.4, -0.2) is 19.2 Å². The van der Waals surface area contributed by atoms with Gasteiger partial charge in [0.1, 0.15) is 11.5 Å².